The summed E-state index contributed by atoms with van der Waals surface area (Å²) in [5, 5.41) is 5.89. The molecule has 0 heterocycles. The van der Waals surface area contributed by atoms with E-state index in [9.17, 15) is 4.79 Å². The molecule has 4 nitrogen and oxygen atoms in total. The summed E-state index contributed by atoms with van der Waals surface area (Å²) in [6.45, 7) is 4.10. The van der Waals surface area contributed by atoms with Crippen LogP contribution >= 0.6 is 15.9 Å². The van der Waals surface area contributed by atoms with Gasteiger partial charge in [-0.2, -0.15) is 0 Å². The van der Waals surface area contributed by atoms with Gasteiger partial charge in [0.2, 0.25) is 5.91 Å². The Morgan fingerprint density at radius 1 is 1.44 bits per heavy atom. The molecule has 0 bridgehead atoms. The quantitative estimate of drug-likeness (QED) is 0.878. The van der Waals surface area contributed by atoms with Crippen LogP contribution in [0.1, 0.15) is 19.4 Å². The number of ether oxygens (including phenoxy) is 1. The van der Waals surface area contributed by atoms with Gasteiger partial charge in [-0.25, -0.2) is 0 Å². The number of hydrogen-bond acceptors (Lipinski definition) is 3. The van der Waals surface area contributed by atoms with Crippen molar-refractivity contribution in [1.29, 1.82) is 0 Å². The molecule has 100 valence electrons. The van der Waals surface area contributed by atoms with E-state index in [1.807, 2.05) is 32.0 Å². The summed E-state index contributed by atoms with van der Waals surface area (Å²) in [4.78, 5) is 12.1. The van der Waals surface area contributed by atoms with Crippen molar-refractivity contribution in [1.82, 2.24) is 5.32 Å². The van der Waals surface area contributed by atoms with Crippen molar-refractivity contribution in [3.05, 3.63) is 28.2 Å². The highest BCUT2D eigenvalue weighted by atomic mass is 79.9. The van der Waals surface area contributed by atoms with Crippen molar-refractivity contribution < 1.29 is 9.53 Å². The lowest BCUT2D eigenvalue weighted by molar-refractivity contribution is -0.121. The number of methoxy groups -OCH3 is 1. The SMILES string of the molecule is CNC(C)(C)C(=O)Nc1cccc(Br)c1COC. The van der Waals surface area contributed by atoms with Gasteiger partial charge >= 0.3 is 0 Å². The number of amides is 1. The Hall–Kier alpha value is -0.910. The number of rotatable bonds is 5. The van der Waals surface area contributed by atoms with Crippen LogP contribution in [0.2, 0.25) is 0 Å². The first-order valence-corrected chi connectivity index (χ1v) is 6.48. The molecule has 1 aromatic rings. The van der Waals surface area contributed by atoms with E-state index < -0.39 is 5.54 Å². The second-order valence-corrected chi connectivity index (χ2v) is 5.38. The molecule has 1 rings (SSSR count). The summed E-state index contributed by atoms with van der Waals surface area (Å²) < 4.78 is 6.07. The minimum atomic E-state index is -0.618. The van der Waals surface area contributed by atoms with Gasteiger partial charge in [0, 0.05) is 22.8 Å². The maximum Gasteiger partial charge on any atom is 0.244 e. The largest absolute Gasteiger partial charge is 0.380 e. The third-order valence-corrected chi connectivity index (χ3v) is 3.59. The summed E-state index contributed by atoms with van der Waals surface area (Å²) in [7, 11) is 3.39. The van der Waals surface area contributed by atoms with Gasteiger partial charge in [-0.05, 0) is 33.0 Å². The van der Waals surface area contributed by atoms with Gasteiger partial charge in [0.15, 0.2) is 0 Å². The zero-order valence-electron chi connectivity index (χ0n) is 11.1. The number of carbonyl (C=O) groups excluding carboxylic acids is 1. The first kappa shape index (κ1) is 15.1. The number of nitrogens with one attached hydrogen (secondary N) is 2. The highest BCUT2D eigenvalue weighted by molar-refractivity contribution is 9.10. The van der Waals surface area contributed by atoms with E-state index >= 15 is 0 Å². The lowest BCUT2D eigenvalue weighted by Crippen LogP contribution is -2.48. The lowest BCUT2D eigenvalue weighted by Gasteiger charge is -2.23. The van der Waals surface area contributed by atoms with Gasteiger partial charge in [0.05, 0.1) is 12.1 Å². The summed E-state index contributed by atoms with van der Waals surface area (Å²) in [5.41, 5.74) is 1.08. The molecule has 18 heavy (non-hydrogen) atoms. The molecule has 0 fully saturated rings. The molecule has 0 aliphatic carbocycles. The molecule has 2 N–H and O–H groups in total. The molecule has 0 atom stereocenters. The monoisotopic (exact) mass is 314 g/mol. The smallest absolute Gasteiger partial charge is 0.244 e. The number of halogens is 1. The highest BCUT2D eigenvalue weighted by Crippen LogP contribution is 2.26. The fraction of sp³-hybridized carbons (Fsp3) is 0.462. The van der Waals surface area contributed by atoms with Gasteiger partial charge in [0.25, 0.3) is 0 Å². The minimum Gasteiger partial charge on any atom is -0.380 e. The third-order valence-electron chi connectivity index (χ3n) is 2.85. The van der Waals surface area contributed by atoms with Crippen molar-refractivity contribution >= 4 is 27.5 Å². The summed E-state index contributed by atoms with van der Waals surface area (Å²) in [6.07, 6.45) is 0. The van der Waals surface area contributed by atoms with E-state index in [1.54, 1.807) is 14.2 Å². The van der Waals surface area contributed by atoms with Crippen LogP contribution in [0.15, 0.2) is 22.7 Å². The van der Waals surface area contributed by atoms with Crippen LogP contribution in [0, 0.1) is 0 Å². The number of anilines is 1. The molecule has 0 unspecified atom stereocenters. The topological polar surface area (TPSA) is 50.4 Å². The molecular formula is C13H19BrN2O2. The van der Waals surface area contributed by atoms with Gasteiger partial charge in [-0.3, -0.25) is 4.79 Å². The van der Waals surface area contributed by atoms with Gasteiger partial charge in [-0.1, -0.05) is 22.0 Å². The van der Waals surface area contributed by atoms with E-state index in [0.717, 1.165) is 15.7 Å². The van der Waals surface area contributed by atoms with E-state index in [0.29, 0.717) is 6.61 Å². The maximum absolute atomic E-state index is 12.1. The fourth-order valence-electron chi connectivity index (χ4n) is 1.36. The van der Waals surface area contributed by atoms with Crippen molar-refractivity contribution in [3.8, 4) is 0 Å². The Bertz CT molecular complexity index is 433. The molecule has 0 saturated heterocycles. The normalized spacial score (nSPS) is 11.4. The van der Waals surface area contributed by atoms with Crippen LogP contribution in [-0.2, 0) is 16.1 Å². The fourth-order valence-corrected chi connectivity index (χ4v) is 1.84. The van der Waals surface area contributed by atoms with Gasteiger partial charge in [-0.15, -0.1) is 0 Å². The van der Waals surface area contributed by atoms with Crippen molar-refractivity contribution in [2.24, 2.45) is 0 Å². The van der Waals surface area contributed by atoms with Crippen molar-refractivity contribution in [2.75, 3.05) is 19.5 Å². The molecule has 1 amide bonds. The lowest BCUT2D eigenvalue weighted by atomic mass is 10.0. The summed E-state index contributed by atoms with van der Waals surface area (Å²) >= 11 is 3.46. The predicted molar refractivity (Wildman–Crippen MR) is 76.6 cm³/mol. The number of benzene rings is 1. The Morgan fingerprint density at radius 3 is 2.67 bits per heavy atom. The molecule has 0 saturated carbocycles. The highest BCUT2D eigenvalue weighted by Gasteiger charge is 2.25. The molecule has 5 heteroatoms. The van der Waals surface area contributed by atoms with Crippen molar-refractivity contribution in [3.63, 3.8) is 0 Å². The van der Waals surface area contributed by atoms with Crippen LogP contribution in [0.4, 0.5) is 5.69 Å². The van der Waals surface area contributed by atoms with Crippen molar-refractivity contribution in [2.45, 2.75) is 26.0 Å². The average Bonchev–Trinajstić information content (AvgIpc) is 2.33. The zero-order valence-corrected chi connectivity index (χ0v) is 12.7. The van der Waals surface area contributed by atoms with Crippen LogP contribution < -0.4 is 10.6 Å². The third kappa shape index (κ3) is 3.54. The Kier molecular flexibility index (Phi) is 5.31. The standard InChI is InChI=1S/C13H19BrN2O2/c1-13(2,15-3)12(17)16-11-7-5-6-10(14)9(11)8-18-4/h5-7,15H,8H2,1-4H3,(H,16,17). The zero-order chi connectivity index (χ0) is 13.8. The van der Waals surface area contributed by atoms with Crippen LogP contribution in [0.25, 0.3) is 0 Å². The molecule has 0 aliphatic heterocycles. The minimum absolute atomic E-state index is 0.0829. The van der Waals surface area contributed by atoms with E-state index in [-0.39, 0.29) is 5.91 Å². The molecule has 0 aliphatic rings. The molecular weight excluding hydrogens is 296 g/mol. The average molecular weight is 315 g/mol. The summed E-state index contributed by atoms with van der Waals surface area (Å²) in [6, 6.07) is 5.67. The first-order valence-electron chi connectivity index (χ1n) is 5.69. The van der Waals surface area contributed by atoms with Crippen LogP contribution in [0.5, 0.6) is 0 Å². The van der Waals surface area contributed by atoms with Gasteiger partial charge < -0.3 is 15.4 Å². The first-order chi connectivity index (χ1) is 8.42. The Morgan fingerprint density at radius 2 is 2.11 bits per heavy atom. The second kappa shape index (κ2) is 6.31. The van der Waals surface area contributed by atoms with Crippen LogP contribution in [-0.4, -0.2) is 25.6 Å². The molecule has 0 radical (unpaired) electrons. The van der Waals surface area contributed by atoms with Gasteiger partial charge in [0.1, 0.15) is 0 Å². The summed E-state index contributed by atoms with van der Waals surface area (Å²) in [5.74, 6) is -0.0829. The van der Waals surface area contributed by atoms with Crippen LogP contribution in [0.3, 0.4) is 0 Å². The Labute approximate surface area is 116 Å². The Balaban J connectivity index is 2.97. The number of likely N-dealkylation sites (N-methyl/N-ethyl adjacent to an activating group) is 1. The van der Waals surface area contributed by atoms with E-state index in [2.05, 4.69) is 26.6 Å². The maximum atomic E-state index is 12.1. The molecule has 1 aromatic carbocycles. The second-order valence-electron chi connectivity index (χ2n) is 4.53. The predicted octanol–water partition coefficient (Wildman–Crippen LogP) is 2.53. The van der Waals surface area contributed by atoms with E-state index in [1.165, 1.54) is 0 Å². The van der Waals surface area contributed by atoms with E-state index in [4.69, 9.17) is 4.74 Å². The molecule has 0 aromatic heterocycles. The number of hydrogen-bond donors (Lipinski definition) is 2. The number of carbonyl (C=O) groups is 1. The molecule has 0 spiro atoms.